The first-order chi connectivity index (χ1) is 13.6. The maximum atomic E-state index is 12.0. The molecule has 4 rings (SSSR count). The molecule has 1 aromatic carbocycles. The fourth-order valence-corrected chi connectivity index (χ4v) is 3.90. The molecule has 5 nitrogen and oxygen atoms in total. The van der Waals surface area contributed by atoms with Crippen LogP contribution in [0.1, 0.15) is 68.8 Å². The normalized spacial score (nSPS) is 13.8. The number of hydrogen-bond donors (Lipinski definition) is 0. The van der Waals surface area contributed by atoms with E-state index in [0.717, 1.165) is 37.3 Å². The van der Waals surface area contributed by atoms with Crippen molar-refractivity contribution in [3.8, 4) is 11.5 Å². The molecule has 0 amide bonds. The maximum Gasteiger partial charge on any atom is 0.337 e. The summed E-state index contributed by atoms with van der Waals surface area (Å²) in [6.07, 6.45) is 7.29. The number of aryl methyl sites for hydroxylation is 2. The highest BCUT2D eigenvalue weighted by molar-refractivity contribution is 5.98. The van der Waals surface area contributed by atoms with Crippen molar-refractivity contribution < 1.29 is 9.53 Å². The molecule has 1 atom stereocenters. The molecule has 0 radical (unpaired) electrons. The lowest BCUT2D eigenvalue weighted by Crippen LogP contribution is -2.03. The van der Waals surface area contributed by atoms with E-state index < -0.39 is 0 Å². The van der Waals surface area contributed by atoms with Crippen LogP contribution < -0.4 is 0 Å². The largest absolute Gasteiger partial charge is 0.465 e. The van der Waals surface area contributed by atoms with Crippen LogP contribution >= 0.6 is 0 Å². The molecule has 3 aromatic rings. The number of esters is 1. The highest BCUT2D eigenvalue weighted by atomic mass is 16.5. The fraction of sp³-hybridized carbons (Fsp3) is 0.478. The van der Waals surface area contributed by atoms with Crippen molar-refractivity contribution in [2.75, 3.05) is 7.11 Å². The number of imidazole rings is 1. The summed E-state index contributed by atoms with van der Waals surface area (Å²) in [6.45, 7) is 10.6. The number of benzene rings is 1. The summed E-state index contributed by atoms with van der Waals surface area (Å²) in [6, 6.07) is 5.90. The Kier molecular flexibility index (Phi) is 6.22. The number of rotatable bonds is 3. The smallest absolute Gasteiger partial charge is 0.337 e. The van der Waals surface area contributed by atoms with Gasteiger partial charge in [0.2, 0.25) is 0 Å². The molecule has 0 saturated carbocycles. The molecule has 0 bridgehead atoms. The number of aromatic nitrogens is 3. The van der Waals surface area contributed by atoms with Gasteiger partial charge in [0.25, 0.3) is 0 Å². The van der Waals surface area contributed by atoms with E-state index in [9.17, 15) is 4.79 Å². The van der Waals surface area contributed by atoms with Crippen molar-refractivity contribution in [3.05, 3.63) is 41.7 Å². The van der Waals surface area contributed by atoms with Crippen LogP contribution in [0.2, 0.25) is 0 Å². The van der Waals surface area contributed by atoms with Crippen LogP contribution in [-0.2, 0) is 17.8 Å². The second kappa shape index (κ2) is 8.63. The number of methoxy groups -OCH3 is 1. The molecule has 0 N–H and O–H groups in total. The van der Waals surface area contributed by atoms with Crippen molar-refractivity contribution in [1.29, 1.82) is 0 Å². The molecular formula is C23H31N3O2. The molecule has 2 aromatic heterocycles. The van der Waals surface area contributed by atoms with Crippen LogP contribution in [0.15, 0.2) is 30.6 Å². The molecule has 0 aliphatic carbocycles. The minimum absolute atomic E-state index is 0.294. The molecule has 0 saturated heterocycles. The Bertz CT molecular complexity index is 968. The number of carbonyl (C=O) groups is 1. The predicted octanol–water partition coefficient (Wildman–Crippen LogP) is 5.62. The molecule has 0 fully saturated rings. The van der Waals surface area contributed by atoms with Gasteiger partial charge >= 0.3 is 5.97 Å². The van der Waals surface area contributed by atoms with Crippen LogP contribution in [0.5, 0.6) is 0 Å². The lowest BCUT2D eigenvalue weighted by molar-refractivity contribution is 0.0601. The van der Waals surface area contributed by atoms with Gasteiger partial charge in [-0.25, -0.2) is 9.78 Å². The van der Waals surface area contributed by atoms with E-state index in [-0.39, 0.29) is 5.97 Å². The maximum absolute atomic E-state index is 12.0. The third-order valence-electron chi connectivity index (χ3n) is 5.34. The van der Waals surface area contributed by atoms with Crippen molar-refractivity contribution >= 4 is 16.9 Å². The predicted molar refractivity (Wildman–Crippen MR) is 114 cm³/mol. The SMILES string of the molecule is CCC.CCC(C)c1c2n(c3cc(C(=O)OC)ccc13)CCCn1ccnc1-2. The Labute approximate surface area is 167 Å². The van der Waals surface area contributed by atoms with Gasteiger partial charge in [0.1, 0.15) is 0 Å². The average molecular weight is 382 g/mol. The van der Waals surface area contributed by atoms with E-state index >= 15 is 0 Å². The first-order valence-electron chi connectivity index (χ1n) is 10.3. The van der Waals surface area contributed by atoms with E-state index in [1.807, 2.05) is 18.3 Å². The number of fused-ring (bicyclic) bond motifs is 5. The molecule has 28 heavy (non-hydrogen) atoms. The van der Waals surface area contributed by atoms with E-state index in [2.05, 4.69) is 54.1 Å². The third-order valence-corrected chi connectivity index (χ3v) is 5.34. The van der Waals surface area contributed by atoms with Gasteiger partial charge in [-0.1, -0.05) is 40.2 Å². The standard InChI is InChI=1S/C20H23N3O2.C3H8/c1-4-13(2)17-15-7-6-14(20(24)25-3)12-16(15)23-10-5-9-22-11-8-21-19(22)18(17)23;1-3-2/h6-8,11-13H,4-5,9-10H2,1-3H3;3H2,1-2H3. The zero-order valence-electron chi connectivity index (χ0n) is 17.7. The van der Waals surface area contributed by atoms with Gasteiger partial charge in [-0.15, -0.1) is 0 Å². The van der Waals surface area contributed by atoms with Gasteiger partial charge in [-0.05, 0) is 36.5 Å². The monoisotopic (exact) mass is 381 g/mol. The molecule has 0 spiro atoms. The van der Waals surface area contributed by atoms with Crippen LogP contribution in [0.4, 0.5) is 0 Å². The summed E-state index contributed by atoms with van der Waals surface area (Å²) in [4.78, 5) is 16.7. The van der Waals surface area contributed by atoms with Gasteiger partial charge < -0.3 is 13.9 Å². The van der Waals surface area contributed by atoms with Crippen molar-refractivity contribution in [2.24, 2.45) is 0 Å². The average Bonchev–Trinajstić information content (AvgIpc) is 3.24. The molecular weight excluding hydrogens is 350 g/mol. The van der Waals surface area contributed by atoms with Gasteiger partial charge in [0.05, 0.1) is 18.4 Å². The Morgan fingerprint density at radius 2 is 2.00 bits per heavy atom. The second-order valence-corrected chi connectivity index (χ2v) is 7.45. The number of hydrogen-bond acceptors (Lipinski definition) is 3. The third kappa shape index (κ3) is 3.46. The van der Waals surface area contributed by atoms with Crippen LogP contribution in [-0.4, -0.2) is 27.2 Å². The van der Waals surface area contributed by atoms with E-state index in [1.165, 1.54) is 30.2 Å². The Morgan fingerprint density at radius 1 is 1.25 bits per heavy atom. The van der Waals surface area contributed by atoms with Crippen molar-refractivity contribution in [1.82, 2.24) is 14.1 Å². The molecule has 1 aliphatic rings. The summed E-state index contributed by atoms with van der Waals surface area (Å²) < 4.78 is 9.49. The number of nitrogens with zero attached hydrogens (tertiary/aromatic N) is 3. The lowest BCUT2D eigenvalue weighted by Gasteiger charge is -2.12. The zero-order chi connectivity index (χ0) is 20.3. The van der Waals surface area contributed by atoms with Crippen LogP contribution in [0.25, 0.3) is 22.4 Å². The van der Waals surface area contributed by atoms with E-state index in [0.29, 0.717) is 11.5 Å². The highest BCUT2D eigenvalue weighted by Gasteiger charge is 2.26. The fourth-order valence-electron chi connectivity index (χ4n) is 3.90. The van der Waals surface area contributed by atoms with Crippen LogP contribution in [0, 0.1) is 0 Å². The Balaban J connectivity index is 0.000000706. The summed E-state index contributed by atoms with van der Waals surface area (Å²) in [5.41, 5.74) is 4.24. The van der Waals surface area contributed by atoms with Gasteiger partial charge in [-0.2, -0.15) is 0 Å². The topological polar surface area (TPSA) is 49.0 Å². The summed E-state index contributed by atoms with van der Waals surface area (Å²) in [5.74, 6) is 1.16. The zero-order valence-corrected chi connectivity index (χ0v) is 17.7. The Morgan fingerprint density at radius 3 is 2.68 bits per heavy atom. The minimum atomic E-state index is -0.294. The first-order valence-corrected chi connectivity index (χ1v) is 10.3. The van der Waals surface area contributed by atoms with Gasteiger partial charge in [0.15, 0.2) is 5.82 Å². The summed E-state index contributed by atoms with van der Waals surface area (Å²) in [5, 5.41) is 1.22. The molecule has 1 aliphatic heterocycles. The number of ether oxygens (including phenoxy) is 1. The molecule has 1 unspecified atom stereocenters. The summed E-state index contributed by atoms with van der Waals surface area (Å²) in [7, 11) is 1.42. The molecule has 150 valence electrons. The van der Waals surface area contributed by atoms with E-state index in [4.69, 9.17) is 4.74 Å². The van der Waals surface area contributed by atoms with Gasteiger partial charge in [0, 0.05) is 36.4 Å². The summed E-state index contributed by atoms with van der Waals surface area (Å²) >= 11 is 0. The number of carbonyl (C=O) groups excluding carboxylic acids is 1. The molecule has 5 heteroatoms. The van der Waals surface area contributed by atoms with Crippen LogP contribution in [0.3, 0.4) is 0 Å². The van der Waals surface area contributed by atoms with E-state index in [1.54, 1.807) is 0 Å². The van der Waals surface area contributed by atoms with Crippen molar-refractivity contribution in [3.63, 3.8) is 0 Å². The van der Waals surface area contributed by atoms with Crippen molar-refractivity contribution in [2.45, 2.75) is 66.0 Å². The second-order valence-electron chi connectivity index (χ2n) is 7.45. The minimum Gasteiger partial charge on any atom is -0.465 e. The first kappa shape index (κ1) is 20.2. The quantitative estimate of drug-likeness (QED) is 0.553. The Hall–Kier alpha value is -2.56. The highest BCUT2D eigenvalue weighted by Crippen LogP contribution is 2.40. The van der Waals surface area contributed by atoms with Gasteiger partial charge in [-0.3, -0.25) is 0 Å². The lowest BCUT2D eigenvalue weighted by atomic mass is 9.94. The molecule has 3 heterocycles.